The third-order valence-corrected chi connectivity index (χ3v) is 3.27. The van der Waals surface area contributed by atoms with Gasteiger partial charge < -0.3 is 9.64 Å². The molecule has 19 heavy (non-hydrogen) atoms. The van der Waals surface area contributed by atoms with Crippen LogP contribution >= 0.6 is 0 Å². The zero-order chi connectivity index (χ0) is 14.0. The largest absolute Gasteiger partial charge is 0.465 e. The number of anilines is 1. The van der Waals surface area contributed by atoms with Gasteiger partial charge in [-0.1, -0.05) is 0 Å². The first-order chi connectivity index (χ1) is 8.93. The molecule has 0 spiro atoms. The minimum absolute atomic E-state index is 0.160. The Morgan fingerprint density at radius 2 is 2.05 bits per heavy atom. The first-order valence-electron chi connectivity index (χ1n) is 6.11. The van der Waals surface area contributed by atoms with E-state index in [1.54, 1.807) is 6.07 Å². The molecule has 1 fully saturated rings. The second-order valence-corrected chi connectivity index (χ2v) is 4.70. The first kappa shape index (κ1) is 13.7. The molecule has 0 amide bonds. The van der Waals surface area contributed by atoms with Crippen molar-refractivity contribution in [1.29, 1.82) is 0 Å². The number of aromatic nitrogens is 1. The van der Waals surface area contributed by atoms with Gasteiger partial charge in [0, 0.05) is 32.1 Å². The molecule has 0 bridgehead atoms. The summed E-state index contributed by atoms with van der Waals surface area (Å²) in [6.07, 6.45) is 1.10. The van der Waals surface area contributed by atoms with Gasteiger partial charge in [-0.2, -0.15) is 0 Å². The number of alkyl halides is 2. The van der Waals surface area contributed by atoms with E-state index in [9.17, 15) is 13.6 Å². The summed E-state index contributed by atoms with van der Waals surface area (Å²) in [4.78, 5) is 17.4. The molecule has 1 aromatic rings. The number of ether oxygens (including phenoxy) is 1. The fourth-order valence-electron chi connectivity index (χ4n) is 2.17. The van der Waals surface area contributed by atoms with Crippen LogP contribution < -0.4 is 4.90 Å². The minimum atomic E-state index is -2.57. The number of hydrogen-bond acceptors (Lipinski definition) is 4. The second kappa shape index (κ2) is 5.11. The van der Waals surface area contributed by atoms with Crippen LogP contribution in [-0.2, 0) is 4.74 Å². The number of aryl methyl sites for hydroxylation is 1. The molecule has 0 N–H and O–H groups in total. The van der Waals surface area contributed by atoms with Crippen LogP contribution in [0.1, 0.15) is 28.8 Å². The smallest absolute Gasteiger partial charge is 0.339 e. The lowest BCUT2D eigenvalue weighted by molar-refractivity contribution is -0.0221. The number of carbonyl (C=O) groups is 1. The molecule has 4 nitrogen and oxygen atoms in total. The van der Waals surface area contributed by atoms with Gasteiger partial charge in [0.05, 0.1) is 12.7 Å². The Morgan fingerprint density at radius 1 is 1.42 bits per heavy atom. The average molecular weight is 270 g/mol. The van der Waals surface area contributed by atoms with Crippen LogP contribution in [0, 0.1) is 6.92 Å². The van der Waals surface area contributed by atoms with Crippen molar-refractivity contribution in [2.45, 2.75) is 25.7 Å². The van der Waals surface area contributed by atoms with Gasteiger partial charge in [-0.05, 0) is 18.6 Å². The predicted octanol–water partition coefficient (Wildman–Crippen LogP) is 2.41. The standard InChI is InChI=1S/C13H16F2N2O2/c1-9-7-10(12(18)19-2)8-16-11(9)17-5-3-13(14,15)4-6-17/h7-8H,3-6H2,1-2H3. The van der Waals surface area contributed by atoms with Crippen LogP contribution in [0.15, 0.2) is 12.3 Å². The minimum Gasteiger partial charge on any atom is -0.465 e. The SMILES string of the molecule is COC(=O)c1cnc(N2CCC(F)(F)CC2)c(C)c1. The van der Waals surface area contributed by atoms with E-state index in [1.807, 2.05) is 11.8 Å². The van der Waals surface area contributed by atoms with E-state index in [2.05, 4.69) is 9.72 Å². The second-order valence-electron chi connectivity index (χ2n) is 4.70. The molecule has 1 aliphatic rings. The fraction of sp³-hybridized carbons (Fsp3) is 0.538. The van der Waals surface area contributed by atoms with Gasteiger partial charge >= 0.3 is 5.97 Å². The Bertz CT molecular complexity index is 482. The molecule has 1 aliphatic heterocycles. The molecule has 0 atom stereocenters. The third kappa shape index (κ3) is 3.00. The van der Waals surface area contributed by atoms with Gasteiger partial charge in [0.1, 0.15) is 5.82 Å². The lowest BCUT2D eigenvalue weighted by atomic mass is 10.1. The predicted molar refractivity (Wildman–Crippen MR) is 66.7 cm³/mol. The molecule has 0 saturated carbocycles. The molecule has 104 valence electrons. The maximum Gasteiger partial charge on any atom is 0.339 e. The summed E-state index contributed by atoms with van der Waals surface area (Å²) in [7, 11) is 1.30. The first-order valence-corrected chi connectivity index (χ1v) is 6.11. The molecule has 1 aromatic heterocycles. The number of piperidine rings is 1. The lowest BCUT2D eigenvalue weighted by Crippen LogP contribution is -2.40. The topological polar surface area (TPSA) is 42.4 Å². The van der Waals surface area contributed by atoms with Gasteiger partial charge in [0.2, 0.25) is 0 Å². The highest BCUT2D eigenvalue weighted by molar-refractivity contribution is 5.89. The quantitative estimate of drug-likeness (QED) is 0.774. The van der Waals surface area contributed by atoms with Crippen molar-refractivity contribution in [3.05, 3.63) is 23.4 Å². The van der Waals surface area contributed by atoms with E-state index in [-0.39, 0.29) is 25.9 Å². The number of pyridine rings is 1. The van der Waals surface area contributed by atoms with E-state index in [4.69, 9.17) is 0 Å². The van der Waals surface area contributed by atoms with Crippen LogP contribution in [0.2, 0.25) is 0 Å². The van der Waals surface area contributed by atoms with Gasteiger partial charge in [-0.3, -0.25) is 0 Å². The molecular weight excluding hydrogens is 254 g/mol. The molecule has 0 radical (unpaired) electrons. The van der Waals surface area contributed by atoms with Crippen molar-refractivity contribution in [3.8, 4) is 0 Å². The van der Waals surface area contributed by atoms with E-state index in [0.717, 1.165) is 5.56 Å². The molecule has 6 heteroatoms. The molecule has 1 saturated heterocycles. The van der Waals surface area contributed by atoms with Gasteiger partial charge in [-0.15, -0.1) is 0 Å². The summed E-state index contributed by atoms with van der Waals surface area (Å²) in [5.41, 5.74) is 1.15. The maximum absolute atomic E-state index is 13.1. The highest BCUT2D eigenvalue weighted by Crippen LogP contribution is 2.30. The van der Waals surface area contributed by atoms with Crippen LogP contribution in [-0.4, -0.2) is 37.1 Å². The van der Waals surface area contributed by atoms with Crippen LogP contribution in [0.3, 0.4) is 0 Å². The monoisotopic (exact) mass is 270 g/mol. The van der Waals surface area contributed by atoms with Gasteiger partial charge in [0.25, 0.3) is 5.92 Å². The lowest BCUT2D eigenvalue weighted by Gasteiger charge is -2.33. The molecule has 0 aliphatic carbocycles. The van der Waals surface area contributed by atoms with Crippen LogP contribution in [0.4, 0.5) is 14.6 Å². The summed E-state index contributed by atoms with van der Waals surface area (Å²) in [6.45, 7) is 2.36. The van der Waals surface area contributed by atoms with Crippen molar-refractivity contribution in [2.75, 3.05) is 25.1 Å². The number of rotatable bonds is 2. The third-order valence-electron chi connectivity index (χ3n) is 3.27. The molecule has 0 unspecified atom stereocenters. The highest BCUT2D eigenvalue weighted by atomic mass is 19.3. The van der Waals surface area contributed by atoms with Crippen LogP contribution in [0.25, 0.3) is 0 Å². The number of esters is 1. The zero-order valence-corrected chi connectivity index (χ0v) is 10.9. The van der Waals surface area contributed by atoms with Gasteiger partial charge in [-0.25, -0.2) is 18.6 Å². The molecule has 2 heterocycles. The Morgan fingerprint density at radius 3 is 2.58 bits per heavy atom. The fourth-order valence-corrected chi connectivity index (χ4v) is 2.17. The van der Waals surface area contributed by atoms with Crippen molar-refractivity contribution in [1.82, 2.24) is 4.98 Å². The van der Waals surface area contributed by atoms with Crippen LogP contribution in [0.5, 0.6) is 0 Å². The summed E-state index contributed by atoms with van der Waals surface area (Å²) in [5.74, 6) is -2.37. The Kier molecular flexibility index (Phi) is 3.68. The molecular formula is C13H16F2N2O2. The number of nitrogens with zero attached hydrogens (tertiary/aromatic N) is 2. The van der Waals surface area contributed by atoms with Crippen molar-refractivity contribution in [3.63, 3.8) is 0 Å². The van der Waals surface area contributed by atoms with E-state index in [1.165, 1.54) is 13.3 Å². The summed E-state index contributed by atoms with van der Waals surface area (Å²) in [6, 6.07) is 1.67. The number of halogens is 2. The average Bonchev–Trinajstić information content (AvgIpc) is 2.38. The Labute approximate surface area is 110 Å². The Hall–Kier alpha value is -1.72. The van der Waals surface area contributed by atoms with Crippen molar-refractivity contribution < 1.29 is 18.3 Å². The van der Waals surface area contributed by atoms with Crippen molar-refractivity contribution in [2.24, 2.45) is 0 Å². The number of hydrogen-bond donors (Lipinski definition) is 0. The van der Waals surface area contributed by atoms with E-state index >= 15 is 0 Å². The summed E-state index contributed by atoms with van der Waals surface area (Å²) >= 11 is 0. The van der Waals surface area contributed by atoms with Gasteiger partial charge in [0.15, 0.2) is 0 Å². The normalized spacial score (nSPS) is 18.2. The zero-order valence-electron chi connectivity index (χ0n) is 10.9. The Balaban J connectivity index is 2.16. The summed E-state index contributed by atoms with van der Waals surface area (Å²) in [5, 5.41) is 0. The van der Waals surface area contributed by atoms with Crippen molar-refractivity contribution >= 4 is 11.8 Å². The van der Waals surface area contributed by atoms with E-state index in [0.29, 0.717) is 11.4 Å². The molecule has 2 rings (SSSR count). The highest BCUT2D eigenvalue weighted by Gasteiger charge is 2.34. The van der Waals surface area contributed by atoms with E-state index < -0.39 is 11.9 Å². The number of carbonyl (C=O) groups excluding carboxylic acids is 1. The number of methoxy groups -OCH3 is 1. The maximum atomic E-state index is 13.1. The summed E-state index contributed by atoms with van der Waals surface area (Å²) < 4.78 is 30.8. The molecule has 0 aromatic carbocycles.